The van der Waals surface area contributed by atoms with Crippen LogP contribution >= 0.6 is 11.3 Å². The van der Waals surface area contributed by atoms with E-state index in [1.807, 2.05) is 36.6 Å². The molecule has 138 valence electrons. The lowest BCUT2D eigenvalue weighted by molar-refractivity contribution is 0.0925. The highest BCUT2D eigenvalue weighted by molar-refractivity contribution is 7.12. The Morgan fingerprint density at radius 2 is 2.15 bits per heavy atom. The molecule has 1 N–H and O–H groups in total. The normalized spacial score (nSPS) is 12.9. The van der Waals surface area contributed by atoms with Gasteiger partial charge < -0.3 is 18.9 Å². The maximum absolute atomic E-state index is 12.2. The molecule has 0 unspecified atom stereocenters. The fourth-order valence-electron chi connectivity index (χ4n) is 2.23. The molecular formula is C18H20N2O5S. The van der Waals surface area contributed by atoms with E-state index in [9.17, 15) is 4.79 Å². The zero-order chi connectivity index (χ0) is 18.2. The van der Waals surface area contributed by atoms with Crippen molar-refractivity contribution in [1.82, 2.24) is 5.32 Å². The maximum atomic E-state index is 12.2. The first-order chi connectivity index (χ1) is 12.8. The van der Waals surface area contributed by atoms with Crippen LogP contribution in [0.1, 0.15) is 22.2 Å². The molecule has 8 heteroatoms. The van der Waals surface area contributed by atoms with Gasteiger partial charge in [-0.1, -0.05) is 12.1 Å². The zero-order valence-electron chi connectivity index (χ0n) is 14.4. The SMILES string of the molecule is CCOCCOC(=NCc1ccc2c(c1)OCO2)NC(=O)c1cccs1. The van der Waals surface area contributed by atoms with Crippen LogP contribution in [0.25, 0.3) is 0 Å². The van der Waals surface area contributed by atoms with E-state index in [1.165, 1.54) is 11.3 Å². The highest BCUT2D eigenvalue weighted by Gasteiger charge is 2.14. The van der Waals surface area contributed by atoms with Gasteiger partial charge in [-0.25, -0.2) is 4.99 Å². The maximum Gasteiger partial charge on any atom is 0.292 e. The number of aliphatic imine (C=N–C) groups is 1. The van der Waals surface area contributed by atoms with Gasteiger partial charge in [0.15, 0.2) is 11.5 Å². The smallest absolute Gasteiger partial charge is 0.292 e. The van der Waals surface area contributed by atoms with Gasteiger partial charge in [-0.3, -0.25) is 10.1 Å². The molecule has 3 rings (SSSR count). The van der Waals surface area contributed by atoms with Gasteiger partial charge >= 0.3 is 0 Å². The van der Waals surface area contributed by atoms with Gasteiger partial charge in [0.1, 0.15) is 6.61 Å². The Morgan fingerprint density at radius 1 is 1.27 bits per heavy atom. The van der Waals surface area contributed by atoms with Crippen molar-refractivity contribution in [2.24, 2.45) is 4.99 Å². The van der Waals surface area contributed by atoms with Crippen LogP contribution in [0.3, 0.4) is 0 Å². The van der Waals surface area contributed by atoms with E-state index in [2.05, 4.69) is 10.3 Å². The van der Waals surface area contributed by atoms with Gasteiger partial charge in [-0.15, -0.1) is 11.3 Å². The summed E-state index contributed by atoms with van der Waals surface area (Å²) in [6, 6.07) is 9.34. The van der Waals surface area contributed by atoms with E-state index in [1.54, 1.807) is 6.07 Å². The van der Waals surface area contributed by atoms with Crippen molar-refractivity contribution >= 4 is 23.3 Å². The summed E-state index contributed by atoms with van der Waals surface area (Å²) in [5.41, 5.74) is 0.922. The van der Waals surface area contributed by atoms with Gasteiger partial charge in [0.25, 0.3) is 11.9 Å². The summed E-state index contributed by atoms with van der Waals surface area (Å²) >= 11 is 1.36. The van der Waals surface area contributed by atoms with E-state index in [0.29, 0.717) is 37.0 Å². The van der Waals surface area contributed by atoms with Crippen LogP contribution in [0, 0.1) is 0 Å². The van der Waals surface area contributed by atoms with E-state index in [4.69, 9.17) is 18.9 Å². The number of rotatable bonds is 7. The second-order valence-corrected chi connectivity index (χ2v) is 6.23. The molecule has 2 aromatic rings. The number of hydrogen-bond acceptors (Lipinski definition) is 7. The number of ether oxygens (including phenoxy) is 4. The first-order valence-corrected chi connectivity index (χ1v) is 9.12. The van der Waals surface area contributed by atoms with Crippen molar-refractivity contribution < 1.29 is 23.7 Å². The molecule has 0 bridgehead atoms. The molecule has 1 aromatic carbocycles. The van der Waals surface area contributed by atoms with Crippen molar-refractivity contribution in [3.8, 4) is 11.5 Å². The summed E-state index contributed by atoms with van der Waals surface area (Å²) in [7, 11) is 0. The molecule has 7 nitrogen and oxygen atoms in total. The molecule has 1 aliphatic heterocycles. The van der Waals surface area contributed by atoms with Crippen LogP contribution in [0.2, 0.25) is 0 Å². The van der Waals surface area contributed by atoms with Gasteiger partial charge in [-0.2, -0.15) is 0 Å². The van der Waals surface area contributed by atoms with Gasteiger partial charge in [-0.05, 0) is 36.1 Å². The second-order valence-electron chi connectivity index (χ2n) is 5.29. The predicted molar refractivity (Wildman–Crippen MR) is 97.9 cm³/mol. The largest absolute Gasteiger partial charge is 0.463 e. The lowest BCUT2D eigenvalue weighted by Crippen LogP contribution is -2.33. The first kappa shape index (κ1) is 18.2. The lowest BCUT2D eigenvalue weighted by Gasteiger charge is -2.10. The summed E-state index contributed by atoms with van der Waals surface area (Å²) in [4.78, 5) is 17.2. The van der Waals surface area contributed by atoms with Crippen LogP contribution in [0.15, 0.2) is 40.7 Å². The summed E-state index contributed by atoms with van der Waals surface area (Å²) in [5.74, 6) is 1.16. The van der Waals surface area contributed by atoms with Crippen LogP contribution in [-0.4, -0.2) is 38.5 Å². The minimum atomic E-state index is -0.249. The number of fused-ring (bicyclic) bond motifs is 1. The number of nitrogens with one attached hydrogen (secondary N) is 1. The number of amides is 1. The van der Waals surface area contributed by atoms with Gasteiger partial charge in [0, 0.05) is 6.61 Å². The molecule has 0 saturated heterocycles. The molecule has 26 heavy (non-hydrogen) atoms. The van der Waals surface area contributed by atoms with E-state index >= 15 is 0 Å². The fraction of sp³-hybridized carbons (Fsp3) is 0.333. The van der Waals surface area contributed by atoms with Crippen LogP contribution in [0.4, 0.5) is 0 Å². The monoisotopic (exact) mass is 376 g/mol. The van der Waals surface area contributed by atoms with Crippen LogP contribution < -0.4 is 14.8 Å². The minimum Gasteiger partial charge on any atom is -0.463 e. The summed E-state index contributed by atoms with van der Waals surface area (Å²) in [6.45, 7) is 3.81. The number of hydrogen-bond donors (Lipinski definition) is 1. The average Bonchev–Trinajstić information content (AvgIpc) is 3.34. The van der Waals surface area contributed by atoms with Crippen molar-refractivity contribution in [1.29, 1.82) is 0 Å². The topological polar surface area (TPSA) is 78.4 Å². The number of nitrogens with zero attached hydrogens (tertiary/aromatic N) is 1. The quantitative estimate of drug-likeness (QED) is 0.457. The summed E-state index contributed by atoms with van der Waals surface area (Å²) < 4.78 is 21.5. The van der Waals surface area contributed by atoms with Crippen molar-refractivity contribution in [3.05, 3.63) is 46.2 Å². The molecule has 0 fully saturated rings. The summed E-state index contributed by atoms with van der Waals surface area (Å²) in [5, 5.41) is 4.55. The Labute approximate surface area is 155 Å². The van der Waals surface area contributed by atoms with Crippen molar-refractivity contribution in [2.45, 2.75) is 13.5 Å². The number of carbonyl (C=O) groups is 1. The standard InChI is InChI=1S/C18H20N2O5S/c1-2-22-7-8-23-18(20-17(21)16-4-3-9-26-16)19-11-13-5-6-14-15(10-13)25-12-24-14/h3-6,9-10H,2,7-8,11-12H2,1H3,(H,19,20,21). The van der Waals surface area contributed by atoms with Crippen molar-refractivity contribution in [3.63, 3.8) is 0 Å². The Hall–Kier alpha value is -2.58. The van der Waals surface area contributed by atoms with Gasteiger partial charge in [0.05, 0.1) is 18.0 Å². The Balaban J connectivity index is 1.64. The molecule has 1 aliphatic rings. The lowest BCUT2D eigenvalue weighted by atomic mass is 10.2. The Kier molecular flexibility index (Phi) is 6.45. The third-order valence-electron chi connectivity index (χ3n) is 3.48. The fourth-order valence-corrected chi connectivity index (χ4v) is 2.85. The highest BCUT2D eigenvalue weighted by Crippen LogP contribution is 2.32. The van der Waals surface area contributed by atoms with Crippen molar-refractivity contribution in [2.75, 3.05) is 26.6 Å². The summed E-state index contributed by atoms with van der Waals surface area (Å²) in [6.07, 6.45) is 0. The number of carbonyl (C=O) groups excluding carboxylic acids is 1. The molecule has 1 aromatic heterocycles. The predicted octanol–water partition coefficient (Wildman–Crippen LogP) is 2.82. The molecule has 0 radical (unpaired) electrons. The molecular weight excluding hydrogens is 356 g/mol. The molecule has 0 spiro atoms. The Bertz CT molecular complexity index is 761. The Morgan fingerprint density at radius 3 is 2.96 bits per heavy atom. The third-order valence-corrected chi connectivity index (χ3v) is 4.35. The molecule has 1 amide bonds. The zero-order valence-corrected chi connectivity index (χ0v) is 15.2. The third kappa shape index (κ3) is 4.96. The molecule has 0 saturated carbocycles. The van der Waals surface area contributed by atoms with E-state index in [-0.39, 0.29) is 18.7 Å². The number of benzene rings is 1. The molecule has 0 atom stereocenters. The molecule has 0 aliphatic carbocycles. The highest BCUT2D eigenvalue weighted by atomic mass is 32.1. The minimum absolute atomic E-state index is 0.167. The van der Waals surface area contributed by atoms with Gasteiger partial charge in [0.2, 0.25) is 6.79 Å². The first-order valence-electron chi connectivity index (χ1n) is 8.24. The van der Waals surface area contributed by atoms with E-state index < -0.39 is 0 Å². The average molecular weight is 376 g/mol. The molecule has 2 heterocycles. The number of thiophene rings is 1. The number of amidine groups is 1. The van der Waals surface area contributed by atoms with Crippen LogP contribution in [-0.2, 0) is 16.0 Å². The van der Waals surface area contributed by atoms with E-state index in [0.717, 1.165) is 11.3 Å². The second kappa shape index (κ2) is 9.21. The van der Waals surface area contributed by atoms with Crippen LogP contribution in [0.5, 0.6) is 11.5 Å².